The summed E-state index contributed by atoms with van der Waals surface area (Å²) in [6.45, 7) is 11.6. The highest BCUT2D eigenvalue weighted by atomic mass is 32.2. The molecule has 1 aliphatic rings. The number of carbonyl (C=O) groups is 3. The Bertz CT molecular complexity index is 1070. The van der Waals surface area contributed by atoms with Gasteiger partial charge in [0.2, 0.25) is 0 Å². The van der Waals surface area contributed by atoms with E-state index in [1.807, 2.05) is 19.9 Å². The van der Waals surface area contributed by atoms with Crippen molar-refractivity contribution < 1.29 is 19.1 Å². The van der Waals surface area contributed by atoms with Gasteiger partial charge in [-0.2, -0.15) is 0 Å². The first-order valence-electron chi connectivity index (χ1n) is 10.6. The molecule has 1 aliphatic heterocycles. The molecule has 0 unspecified atom stereocenters. The van der Waals surface area contributed by atoms with Crippen LogP contribution < -0.4 is 4.90 Å². The highest BCUT2D eigenvalue weighted by Gasteiger charge is 2.41. The minimum atomic E-state index is -0.963. The normalized spacial score (nSPS) is 16.1. The van der Waals surface area contributed by atoms with Gasteiger partial charge in [-0.05, 0) is 88.4 Å². The van der Waals surface area contributed by atoms with Crippen LogP contribution in [0.25, 0.3) is 11.8 Å². The van der Waals surface area contributed by atoms with E-state index in [2.05, 4.69) is 52.3 Å². The number of hydrogen-bond donors (Lipinski definition) is 0. The highest BCUT2D eigenvalue weighted by molar-refractivity contribution is 8.18. The molecule has 3 rings (SSSR count). The molecule has 170 valence electrons. The van der Waals surface area contributed by atoms with Gasteiger partial charge >= 0.3 is 5.97 Å². The lowest BCUT2D eigenvalue weighted by Gasteiger charge is -2.21. The van der Waals surface area contributed by atoms with Crippen molar-refractivity contribution in [3.8, 4) is 5.69 Å². The number of anilines is 1. The highest BCUT2D eigenvalue weighted by Crippen LogP contribution is 2.35. The third kappa shape index (κ3) is 4.32. The van der Waals surface area contributed by atoms with Crippen molar-refractivity contribution in [2.24, 2.45) is 0 Å². The van der Waals surface area contributed by atoms with Crippen molar-refractivity contribution in [1.29, 1.82) is 0 Å². The Morgan fingerprint density at radius 2 is 1.78 bits per heavy atom. The van der Waals surface area contributed by atoms with Crippen LogP contribution in [0.15, 0.2) is 35.2 Å². The largest absolute Gasteiger partial charge is 0.467 e. The first-order valence-corrected chi connectivity index (χ1v) is 11.4. The first-order chi connectivity index (χ1) is 15.2. The van der Waals surface area contributed by atoms with Gasteiger partial charge in [-0.3, -0.25) is 14.5 Å². The standard InChI is InChI=1S/C24H29N3O4S/c1-7-25(8-2)19-9-11-20(12-10-19)26-15(3)13-18(16(26)4)14-21-22(28)27(24(30)32-21)17(5)23(29)31-6/h9-14,17H,7-8H2,1-6H3/b21-14+/t17-/m1/s1. The number of amides is 2. The van der Waals surface area contributed by atoms with Gasteiger partial charge in [0.25, 0.3) is 11.1 Å². The van der Waals surface area contributed by atoms with Crippen LogP contribution in [0.1, 0.15) is 37.7 Å². The fourth-order valence-electron chi connectivity index (χ4n) is 3.96. The number of carbonyl (C=O) groups excluding carboxylic acids is 3. The number of imide groups is 1. The lowest BCUT2D eigenvalue weighted by molar-refractivity contribution is -0.148. The van der Waals surface area contributed by atoms with Crippen molar-refractivity contribution >= 4 is 40.6 Å². The molecule has 0 saturated carbocycles. The van der Waals surface area contributed by atoms with Crippen LogP contribution in [0.4, 0.5) is 10.5 Å². The number of thioether (sulfide) groups is 1. The molecule has 2 heterocycles. The van der Waals surface area contributed by atoms with Crippen molar-refractivity contribution in [1.82, 2.24) is 9.47 Å². The SMILES string of the molecule is CCN(CC)c1ccc(-n2c(C)cc(/C=C3/SC(=O)N([C@H](C)C(=O)OC)C3=O)c2C)cc1. The monoisotopic (exact) mass is 455 g/mol. The molecule has 0 aliphatic carbocycles. The Morgan fingerprint density at radius 1 is 1.16 bits per heavy atom. The van der Waals surface area contributed by atoms with Gasteiger partial charge in [-0.15, -0.1) is 0 Å². The molecular weight excluding hydrogens is 426 g/mol. The van der Waals surface area contributed by atoms with Gasteiger partial charge in [0.15, 0.2) is 0 Å². The fourth-order valence-corrected chi connectivity index (χ4v) is 4.86. The summed E-state index contributed by atoms with van der Waals surface area (Å²) in [5, 5.41) is -0.472. The molecule has 2 aromatic rings. The van der Waals surface area contributed by atoms with Gasteiger partial charge < -0.3 is 14.2 Å². The number of rotatable bonds is 7. The fraction of sp³-hybridized carbons (Fsp3) is 0.375. The summed E-state index contributed by atoms with van der Waals surface area (Å²) >= 11 is 0.839. The number of methoxy groups -OCH3 is 1. The Balaban J connectivity index is 1.91. The first kappa shape index (κ1) is 23.7. The van der Waals surface area contributed by atoms with E-state index in [0.29, 0.717) is 4.91 Å². The summed E-state index contributed by atoms with van der Waals surface area (Å²) in [5.41, 5.74) is 5.04. The Morgan fingerprint density at radius 3 is 2.34 bits per heavy atom. The number of aryl methyl sites for hydroxylation is 1. The maximum Gasteiger partial charge on any atom is 0.328 e. The smallest absolute Gasteiger partial charge is 0.328 e. The topological polar surface area (TPSA) is 71.8 Å². The van der Waals surface area contributed by atoms with Crippen molar-refractivity contribution in [2.45, 2.75) is 40.7 Å². The minimum absolute atomic E-state index is 0.294. The Labute approximate surface area is 193 Å². The molecule has 1 fully saturated rings. The number of nitrogens with zero attached hydrogens (tertiary/aromatic N) is 3. The average molecular weight is 456 g/mol. The lowest BCUT2D eigenvalue weighted by Crippen LogP contribution is -2.42. The summed E-state index contributed by atoms with van der Waals surface area (Å²) in [6.07, 6.45) is 1.72. The van der Waals surface area contributed by atoms with Crippen molar-refractivity contribution in [2.75, 3.05) is 25.1 Å². The predicted molar refractivity (Wildman–Crippen MR) is 128 cm³/mol. The number of benzene rings is 1. The molecule has 0 spiro atoms. The maximum absolute atomic E-state index is 12.8. The van der Waals surface area contributed by atoms with Gasteiger partial charge in [-0.1, -0.05) is 0 Å². The third-order valence-corrected chi connectivity index (χ3v) is 6.63. The van der Waals surface area contributed by atoms with Gasteiger partial charge in [-0.25, -0.2) is 4.79 Å². The number of esters is 1. The molecule has 1 atom stereocenters. The molecular formula is C24H29N3O4S. The molecule has 0 bridgehead atoms. The second kappa shape index (κ2) is 9.65. The quantitative estimate of drug-likeness (QED) is 0.451. The zero-order chi connectivity index (χ0) is 23.6. The van der Waals surface area contributed by atoms with Crippen molar-refractivity contribution in [3.63, 3.8) is 0 Å². The van der Waals surface area contributed by atoms with E-state index in [4.69, 9.17) is 0 Å². The van der Waals surface area contributed by atoms with E-state index < -0.39 is 23.2 Å². The zero-order valence-corrected chi connectivity index (χ0v) is 20.2. The Hall–Kier alpha value is -3.00. The second-order valence-electron chi connectivity index (χ2n) is 7.60. The Kier molecular flexibility index (Phi) is 7.13. The number of hydrogen-bond acceptors (Lipinski definition) is 6. The summed E-state index contributed by atoms with van der Waals surface area (Å²) in [6, 6.07) is 9.43. The van der Waals surface area contributed by atoms with Crippen LogP contribution in [-0.2, 0) is 14.3 Å². The molecule has 1 saturated heterocycles. The summed E-state index contributed by atoms with van der Waals surface area (Å²) in [4.78, 5) is 40.5. The van der Waals surface area contributed by atoms with Crippen LogP contribution in [0.3, 0.4) is 0 Å². The van der Waals surface area contributed by atoms with Crippen LogP contribution in [0, 0.1) is 13.8 Å². The van der Waals surface area contributed by atoms with E-state index in [0.717, 1.165) is 52.4 Å². The van der Waals surface area contributed by atoms with Crippen LogP contribution >= 0.6 is 11.8 Å². The van der Waals surface area contributed by atoms with Gasteiger partial charge in [0, 0.05) is 35.9 Å². The molecule has 2 amide bonds. The van der Waals surface area contributed by atoms with Crippen molar-refractivity contribution in [3.05, 3.63) is 52.2 Å². The van der Waals surface area contributed by atoms with Gasteiger partial charge in [0.05, 0.1) is 12.0 Å². The predicted octanol–water partition coefficient (Wildman–Crippen LogP) is 4.54. The van der Waals surface area contributed by atoms with Crippen LogP contribution in [0.2, 0.25) is 0 Å². The van der Waals surface area contributed by atoms with Crippen LogP contribution in [0.5, 0.6) is 0 Å². The molecule has 1 aromatic carbocycles. The third-order valence-electron chi connectivity index (χ3n) is 5.75. The molecule has 8 heteroatoms. The number of ether oxygens (including phenoxy) is 1. The lowest BCUT2D eigenvalue weighted by atomic mass is 10.2. The van der Waals surface area contributed by atoms with Crippen LogP contribution in [-0.4, -0.2) is 52.8 Å². The molecule has 1 aromatic heterocycles. The van der Waals surface area contributed by atoms with E-state index in [1.54, 1.807) is 6.08 Å². The molecule has 7 nitrogen and oxygen atoms in total. The molecule has 0 radical (unpaired) electrons. The van der Waals surface area contributed by atoms with Gasteiger partial charge in [0.1, 0.15) is 6.04 Å². The molecule has 32 heavy (non-hydrogen) atoms. The van der Waals surface area contributed by atoms with E-state index in [1.165, 1.54) is 19.7 Å². The van der Waals surface area contributed by atoms with E-state index in [9.17, 15) is 14.4 Å². The minimum Gasteiger partial charge on any atom is -0.467 e. The van der Waals surface area contributed by atoms with E-state index in [-0.39, 0.29) is 0 Å². The summed E-state index contributed by atoms with van der Waals surface area (Å²) in [5.74, 6) is -1.11. The summed E-state index contributed by atoms with van der Waals surface area (Å²) in [7, 11) is 1.23. The van der Waals surface area contributed by atoms with E-state index >= 15 is 0 Å². The maximum atomic E-state index is 12.8. The average Bonchev–Trinajstić information content (AvgIpc) is 3.22. The second-order valence-corrected chi connectivity index (χ2v) is 8.59. The molecule has 0 N–H and O–H groups in total. The zero-order valence-electron chi connectivity index (χ0n) is 19.3. The number of aromatic nitrogens is 1. The summed E-state index contributed by atoms with van der Waals surface area (Å²) < 4.78 is 6.80.